The van der Waals surface area contributed by atoms with Gasteiger partial charge in [0.05, 0.1) is 11.1 Å². The maximum absolute atomic E-state index is 6.95. The highest BCUT2D eigenvalue weighted by Crippen LogP contribution is 2.65. The lowest BCUT2D eigenvalue weighted by Gasteiger charge is -2.33. The van der Waals surface area contributed by atoms with E-state index in [1.165, 1.54) is 75.8 Å². The van der Waals surface area contributed by atoms with Gasteiger partial charge in [-0.2, -0.15) is 0 Å². The maximum Gasteiger partial charge on any atom is 0.172 e. The van der Waals surface area contributed by atoms with Crippen LogP contribution in [0.3, 0.4) is 0 Å². The third-order valence-corrected chi connectivity index (χ3v) is 14.0. The van der Waals surface area contributed by atoms with Gasteiger partial charge in [-0.1, -0.05) is 127 Å². The van der Waals surface area contributed by atoms with Gasteiger partial charge in [-0.3, -0.25) is 0 Å². The van der Waals surface area contributed by atoms with E-state index in [2.05, 4.69) is 187 Å². The van der Waals surface area contributed by atoms with E-state index < -0.39 is 5.41 Å². The number of hydrogen-bond acceptors (Lipinski definition) is 4. The van der Waals surface area contributed by atoms with Gasteiger partial charge in [-0.15, -0.1) is 11.3 Å². The van der Waals surface area contributed by atoms with Crippen molar-refractivity contribution < 1.29 is 9.47 Å². The number of anilines is 3. The van der Waals surface area contributed by atoms with Crippen molar-refractivity contribution in [2.75, 3.05) is 4.90 Å². The summed E-state index contributed by atoms with van der Waals surface area (Å²) in [7, 11) is 0. The molecule has 0 atom stereocenters. The molecule has 3 aliphatic carbocycles. The monoisotopic (exact) mass is 773 g/mol. The Balaban J connectivity index is 0.905. The Kier molecular flexibility index (Phi) is 6.93. The highest BCUT2D eigenvalue weighted by molar-refractivity contribution is 7.26. The van der Waals surface area contributed by atoms with Crippen molar-refractivity contribution in [1.82, 2.24) is 0 Å². The zero-order valence-corrected chi connectivity index (χ0v) is 32.8. The first-order valence-corrected chi connectivity index (χ1v) is 21.2. The first kappa shape index (κ1) is 32.9. The predicted octanol–water partition coefficient (Wildman–Crippen LogP) is 15.5. The zero-order valence-electron chi connectivity index (χ0n) is 32.0. The molecule has 8 aromatic carbocycles. The molecule has 1 aliphatic heterocycles. The average molecular weight is 774 g/mol. The number of benzene rings is 8. The number of para-hydroxylation sites is 1. The van der Waals surface area contributed by atoms with Crippen LogP contribution in [-0.4, -0.2) is 0 Å². The van der Waals surface area contributed by atoms with Crippen molar-refractivity contribution in [3.05, 3.63) is 216 Å². The molecule has 0 amide bonds. The second kappa shape index (κ2) is 12.4. The summed E-state index contributed by atoms with van der Waals surface area (Å²) in [6, 6.07) is 63.6. The second-order valence-electron chi connectivity index (χ2n) is 15.9. The third-order valence-electron chi connectivity index (χ3n) is 12.8. The lowest BCUT2D eigenvalue weighted by molar-refractivity contribution is 0.359. The Bertz CT molecular complexity index is 3240. The molecule has 59 heavy (non-hydrogen) atoms. The minimum absolute atomic E-state index is 0.409. The van der Waals surface area contributed by atoms with E-state index in [9.17, 15) is 0 Å². The van der Waals surface area contributed by atoms with Gasteiger partial charge in [-0.25, -0.2) is 0 Å². The van der Waals surface area contributed by atoms with Gasteiger partial charge in [0, 0.05) is 37.6 Å². The number of hydrogen-bond donors (Lipinski definition) is 0. The Morgan fingerprint density at radius 1 is 0.475 bits per heavy atom. The van der Waals surface area contributed by atoms with Crippen LogP contribution in [0.5, 0.6) is 23.0 Å². The second-order valence-corrected chi connectivity index (χ2v) is 16.9. The fourth-order valence-corrected chi connectivity index (χ4v) is 11.6. The van der Waals surface area contributed by atoms with E-state index in [-0.39, 0.29) is 0 Å². The van der Waals surface area contributed by atoms with E-state index in [1.54, 1.807) is 0 Å². The van der Waals surface area contributed by atoms with Gasteiger partial charge in [-0.05, 0) is 123 Å². The van der Waals surface area contributed by atoms with E-state index in [0.717, 1.165) is 41.4 Å². The SMILES string of the molecule is C1=CC2=C(CC1)c1cc3c(cc1C21c2ccccc2-c2ccccc21)Oc1cc(N(c2ccccc2)c2ccc(-c4cccc5c4sc4ccccc45)cc2)ccc1O3. The van der Waals surface area contributed by atoms with Crippen LogP contribution in [0.15, 0.2) is 194 Å². The maximum atomic E-state index is 6.95. The number of rotatable bonds is 4. The molecule has 13 rings (SSSR count). The van der Waals surface area contributed by atoms with Gasteiger partial charge in [0.15, 0.2) is 23.0 Å². The van der Waals surface area contributed by atoms with Crippen LogP contribution in [-0.2, 0) is 5.41 Å². The minimum Gasteiger partial charge on any atom is -0.449 e. The van der Waals surface area contributed by atoms with E-state index in [4.69, 9.17) is 9.47 Å². The highest BCUT2D eigenvalue weighted by atomic mass is 32.1. The van der Waals surface area contributed by atoms with Crippen molar-refractivity contribution in [2.24, 2.45) is 0 Å². The van der Waals surface area contributed by atoms with Crippen LogP contribution in [0.1, 0.15) is 35.1 Å². The minimum atomic E-state index is -0.409. The number of ether oxygens (including phenoxy) is 2. The topological polar surface area (TPSA) is 21.7 Å². The lowest BCUT2D eigenvalue weighted by Crippen LogP contribution is -2.27. The Morgan fingerprint density at radius 3 is 1.95 bits per heavy atom. The smallest absolute Gasteiger partial charge is 0.172 e. The summed E-state index contributed by atoms with van der Waals surface area (Å²) in [6.07, 6.45) is 6.76. The molecule has 0 bridgehead atoms. The molecule has 1 aromatic heterocycles. The molecule has 3 nitrogen and oxygen atoms in total. The predicted molar refractivity (Wildman–Crippen MR) is 243 cm³/mol. The molecule has 4 aliphatic rings. The molecule has 0 unspecified atom stereocenters. The molecule has 0 fully saturated rings. The normalized spacial score (nSPS) is 14.9. The molecule has 0 saturated carbocycles. The fraction of sp³-hybridized carbons (Fsp3) is 0.0545. The zero-order chi connectivity index (χ0) is 38.7. The van der Waals surface area contributed by atoms with Crippen molar-refractivity contribution >= 4 is 54.1 Å². The fourth-order valence-electron chi connectivity index (χ4n) is 10.4. The summed E-state index contributed by atoms with van der Waals surface area (Å²) in [6.45, 7) is 0. The van der Waals surface area contributed by atoms with Crippen LogP contribution < -0.4 is 14.4 Å². The molecular formula is C55H35NO2S. The summed E-state index contributed by atoms with van der Waals surface area (Å²) < 4.78 is 16.3. The molecule has 278 valence electrons. The van der Waals surface area contributed by atoms with E-state index >= 15 is 0 Å². The first-order chi connectivity index (χ1) is 29.2. The first-order valence-electron chi connectivity index (χ1n) is 20.4. The van der Waals surface area contributed by atoms with Crippen molar-refractivity contribution in [1.29, 1.82) is 0 Å². The van der Waals surface area contributed by atoms with Crippen LogP contribution >= 0.6 is 11.3 Å². The van der Waals surface area contributed by atoms with E-state index in [1.807, 2.05) is 17.4 Å². The summed E-state index contributed by atoms with van der Waals surface area (Å²) in [5.74, 6) is 2.90. The number of nitrogens with zero attached hydrogens (tertiary/aromatic N) is 1. The van der Waals surface area contributed by atoms with Crippen LogP contribution in [0.25, 0.3) is 48.0 Å². The average Bonchev–Trinajstić information content (AvgIpc) is 3.92. The summed E-state index contributed by atoms with van der Waals surface area (Å²) in [5.41, 5.74) is 15.7. The molecule has 1 spiro atoms. The van der Waals surface area contributed by atoms with E-state index in [0.29, 0.717) is 11.5 Å². The van der Waals surface area contributed by atoms with Gasteiger partial charge < -0.3 is 14.4 Å². The molecule has 0 radical (unpaired) electrons. The standard InChI is InChI=1S/C55H35NO2S/c1-2-13-35(14-3-1)56(36-27-25-34(26-28-36)38-19-12-20-43-42-18-7-11-24-53(42)59-54(38)43)37-29-30-49-50(31-37)58-52-33-48-44(32-51(52)57-49)41-17-6-10-23-47(41)55(48)45-21-8-4-15-39(45)40-16-5-9-22-46(40)55/h1-5,7-16,18-33H,6,17H2. The molecular weight excluding hydrogens is 739 g/mol. The summed E-state index contributed by atoms with van der Waals surface area (Å²) >= 11 is 1.87. The summed E-state index contributed by atoms with van der Waals surface area (Å²) in [4.78, 5) is 2.29. The molecule has 0 saturated heterocycles. The third kappa shape index (κ3) is 4.63. The van der Waals surface area contributed by atoms with Crippen molar-refractivity contribution in [2.45, 2.75) is 18.3 Å². The van der Waals surface area contributed by atoms with Crippen LogP contribution in [0.2, 0.25) is 0 Å². The van der Waals surface area contributed by atoms with Crippen LogP contribution in [0, 0.1) is 0 Å². The van der Waals surface area contributed by atoms with Gasteiger partial charge in [0.25, 0.3) is 0 Å². The lowest BCUT2D eigenvalue weighted by atomic mass is 9.69. The van der Waals surface area contributed by atoms with Crippen LogP contribution in [0.4, 0.5) is 17.1 Å². The Hall–Kier alpha value is -7.14. The van der Waals surface area contributed by atoms with Gasteiger partial charge in [0.1, 0.15) is 0 Å². The number of thiophene rings is 1. The van der Waals surface area contributed by atoms with Crippen molar-refractivity contribution in [3.8, 4) is 45.3 Å². The number of allylic oxidation sites excluding steroid dienone is 4. The highest BCUT2D eigenvalue weighted by Gasteiger charge is 2.53. The van der Waals surface area contributed by atoms with Crippen molar-refractivity contribution in [3.63, 3.8) is 0 Å². The molecule has 0 N–H and O–H groups in total. The molecule has 9 aromatic rings. The van der Waals surface area contributed by atoms with Gasteiger partial charge in [0.2, 0.25) is 0 Å². The Labute approximate surface area is 346 Å². The quantitative estimate of drug-likeness (QED) is 0.178. The largest absolute Gasteiger partial charge is 0.449 e. The van der Waals surface area contributed by atoms with Gasteiger partial charge >= 0.3 is 0 Å². The Morgan fingerprint density at radius 2 is 1.12 bits per heavy atom. The summed E-state index contributed by atoms with van der Waals surface area (Å²) in [5, 5.41) is 2.62. The number of fused-ring (bicyclic) bond motifs is 14. The molecule has 2 heterocycles. The molecule has 4 heteroatoms.